The van der Waals surface area contributed by atoms with Gasteiger partial charge in [-0.2, -0.15) is 4.98 Å². The van der Waals surface area contributed by atoms with Crippen LogP contribution in [-0.2, 0) is 0 Å². The Morgan fingerprint density at radius 2 is 1.87 bits per heavy atom. The topological polar surface area (TPSA) is 91.8 Å². The molecule has 1 fully saturated rings. The van der Waals surface area contributed by atoms with Gasteiger partial charge in [0.15, 0.2) is 5.65 Å². The van der Waals surface area contributed by atoms with Crippen LogP contribution < -0.4 is 16.0 Å². The molecule has 0 spiro atoms. The fourth-order valence-corrected chi connectivity index (χ4v) is 4.22. The van der Waals surface area contributed by atoms with Crippen LogP contribution in [-0.4, -0.2) is 34.1 Å². The molecule has 2 aromatic heterocycles. The number of benzene rings is 1. The van der Waals surface area contributed by atoms with E-state index in [9.17, 15) is 9.18 Å². The van der Waals surface area contributed by atoms with Gasteiger partial charge in [0.1, 0.15) is 5.82 Å². The summed E-state index contributed by atoms with van der Waals surface area (Å²) >= 11 is 0. The van der Waals surface area contributed by atoms with Gasteiger partial charge in [0.25, 0.3) is 0 Å². The van der Waals surface area contributed by atoms with Crippen molar-refractivity contribution >= 4 is 28.7 Å². The summed E-state index contributed by atoms with van der Waals surface area (Å²) in [5.74, 6) is 0.0243. The zero-order valence-electron chi connectivity index (χ0n) is 18.4. The Balaban J connectivity index is 1.63. The van der Waals surface area contributed by atoms with Crippen LogP contribution in [0.15, 0.2) is 24.4 Å². The molecular formula is C23H27FN6O. The molecule has 1 saturated carbocycles. The second-order valence-electron chi connectivity index (χ2n) is 8.99. The third-order valence-electron chi connectivity index (χ3n) is 5.77. The Morgan fingerprint density at radius 1 is 1.13 bits per heavy atom. The number of amides is 2. The lowest BCUT2D eigenvalue weighted by Gasteiger charge is -2.42. The van der Waals surface area contributed by atoms with E-state index in [2.05, 4.69) is 44.7 Å². The number of fused-ring (bicyclic) bond motifs is 1. The second-order valence-corrected chi connectivity index (χ2v) is 8.99. The first kappa shape index (κ1) is 21.0. The van der Waals surface area contributed by atoms with Crippen LogP contribution in [0.4, 0.5) is 20.8 Å². The average Bonchev–Trinajstić information content (AvgIpc) is 2.68. The van der Waals surface area contributed by atoms with Gasteiger partial charge in [-0.3, -0.25) is 0 Å². The van der Waals surface area contributed by atoms with Crippen LogP contribution in [0.2, 0.25) is 0 Å². The maximum absolute atomic E-state index is 14.6. The van der Waals surface area contributed by atoms with Crippen LogP contribution in [0.3, 0.4) is 0 Å². The van der Waals surface area contributed by atoms with Gasteiger partial charge in [0, 0.05) is 35.9 Å². The Hall–Kier alpha value is -3.29. The van der Waals surface area contributed by atoms with Crippen molar-refractivity contribution in [3.8, 4) is 11.1 Å². The van der Waals surface area contributed by atoms with Gasteiger partial charge in [-0.1, -0.05) is 13.8 Å². The standard InChI is InChI=1S/C23H27FN6O/c1-12-6-18(24)19(29-22(31)28-15-9-23(3,4)10-15)8-16(12)17-7-14-11-26-21(25-5)30-20(14)27-13(17)2/h6-8,11,15H,9-10H2,1-5H3,(H2,28,29,31)(H,25,26,27,30). The Morgan fingerprint density at radius 3 is 2.55 bits per heavy atom. The SMILES string of the molecule is CNc1ncc2cc(-c3cc(NC(=O)NC4CC(C)(C)C4)c(F)cc3C)c(C)nc2n1. The van der Waals surface area contributed by atoms with Gasteiger partial charge in [0.05, 0.1) is 5.69 Å². The number of hydrogen-bond acceptors (Lipinski definition) is 5. The van der Waals surface area contributed by atoms with E-state index in [1.807, 2.05) is 19.9 Å². The lowest BCUT2D eigenvalue weighted by molar-refractivity contribution is 0.132. The Kier molecular flexibility index (Phi) is 5.24. The van der Waals surface area contributed by atoms with Crippen molar-refractivity contribution in [2.24, 2.45) is 5.41 Å². The molecule has 0 aliphatic heterocycles. The molecule has 1 aliphatic carbocycles. The molecule has 162 valence electrons. The summed E-state index contributed by atoms with van der Waals surface area (Å²) in [6.45, 7) is 8.05. The van der Waals surface area contributed by atoms with Crippen molar-refractivity contribution in [1.82, 2.24) is 20.3 Å². The van der Waals surface area contributed by atoms with Crippen LogP contribution >= 0.6 is 0 Å². The minimum absolute atomic E-state index is 0.123. The van der Waals surface area contributed by atoms with Crippen molar-refractivity contribution in [2.45, 2.75) is 46.6 Å². The third-order valence-corrected chi connectivity index (χ3v) is 5.77. The smallest absolute Gasteiger partial charge is 0.319 e. The molecule has 0 radical (unpaired) electrons. The number of urea groups is 1. The van der Waals surface area contributed by atoms with Crippen molar-refractivity contribution in [3.63, 3.8) is 0 Å². The number of nitrogens with zero attached hydrogens (tertiary/aromatic N) is 3. The van der Waals surface area contributed by atoms with E-state index in [1.165, 1.54) is 6.07 Å². The predicted molar refractivity (Wildman–Crippen MR) is 121 cm³/mol. The van der Waals surface area contributed by atoms with Gasteiger partial charge in [-0.05, 0) is 61.4 Å². The zero-order chi connectivity index (χ0) is 22.3. The number of aryl methyl sites for hydroxylation is 2. The number of hydrogen-bond donors (Lipinski definition) is 3. The first-order valence-corrected chi connectivity index (χ1v) is 10.4. The summed E-state index contributed by atoms with van der Waals surface area (Å²) in [5, 5.41) is 9.27. The molecule has 4 rings (SSSR count). The molecule has 2 amide bonds. The molecule has 3 N–H and O–H groups in total. The monoisotopic (exact) mass is 422 g/mol. The van der Waals surface area contributed by atoms with E-state index < -0.39 is 11.8 Å². The number of anilines is 2. The van der Waals surface area contributed by atoms with Gasteiger partial charge >= 0.3 is 6.03 Å². The molecule has 8 heteroatoms. The molecular weight excluding hydrogens is 395 g/mol. The van der Waals surface area contributed by atoms with E-state index in [0.29, 0.717) is 11.6 Å². The lowest BCUT2D eigenvalue weighted by atomic mass is 9.68. The minimum Gasteiger partial charge on any atom is -0.357 e. The molecule has 0 saturated heterocycles. The van der Waals surface area contributed by atoms with Crippen LogP contribution in [0.25, 0.3) is 22.2 Å². The van der Waals surface area contributed by atoms with E-state index in [4.69, 9.17) is 0 Å². The second kappa shape index (κ2) is 7.76. The Bertz CT molecular complexity index is 1170. The number of carbonyl (C=O) groups excluding carboxylic acids is 1. The normalized spacial score (nSPS) is 15.4. The first-order chi connectivity index (χ1) is 14.6. The molecule has 7 nitrogen and oxygen atoms in total. The van der Waals surface area contributed by atoms with Gasteiger partial charge in [0.2, 0.25) is 5.95 Å². The van der Waals surface area contributed by atoms with Crippen LogP contribution in [0.1, 0.15) is 37.9 Å². The number of pyridine rings is 1. The molecule has 2 heterocycles. The van der Waals surface area contributed by atoms with Gasteiger partial charge in [-0.15, -0.1) is 0 Å². The predicted octanol–water partition coefficient (Wildman–Crippen LogP) is 4.80. The number of halogens is 1. The summed E-state index contributed by atoms with van der Waals surface area (Å²) in [6.07, 6.45) is 3.54. The first-order valence-electron chi connectivity index (χ1n) is 10.4. The van der Waals surface area contributed by atoms with Gasteiger partial charge in [-0.25, -0.2) is 19.2 Å². The highest BCUT2D eigenvalue weighted by Crippen LogP contribution is 2.40. The number of aromatic nitrogens is 3. The number of carbonyl (C=O) groups is 1. The summed E-state index contributed by atoms with van der Waals surface area (Å²) in [4.78, 5) is 25.6. The highest BCUT2D eigenvalue weighted by molar-refractivity contribution is 5.91. The highest BCUT2D eigenvalue weighted by atomic mass is 19.1. The maximum atomic E-state index is 14.6. The molecule has 0 atom stereocenters. The highest BCUT2D eigenvalue weighted by Gasteiger charge is 2.36. The molecule has 1 aliphatic rings. The summed E-state index contributed by atoms with van der Waals surface area (Å²) in [5.41, 5.74) is 4.12. The van der Waals surface area contributed by atoms with Crippen molar-refractivity contribution in [2.75, 3.05) is 17.7 Å². The van der Waals surface area contributed by atoms with E-state index in [1.54, 1.807) is 19.3 Å². The minimum atomic E-state index is -0.473. The maximum Gasteiger partial charge on any atom is 0.319 e. The van der Waals surface area contributed by atoms with E-state index in [0.717, 1.165) is 40.6 Å². The average molecular weight is 423 g/mol. The fourth-order valence-electron chi connectivity index (χ4n) is 4.22. The fraction of sp³-hybridized carbons (Fsp3) is 0.391. The largest absolute Gasteiger partial charge is 0.357 e. The number of nitrogens with one attached hydrogen (secondary N) is 3. The van der Waals surface area contributed by atoms with Crippen LogP contribution in [0, 0.1) is 25.1 Å². The molecule has 31 heavy (non-hydrogen) atoms. The van der Waals surface area contributed by atoms with Crippen molar-refractivity contribution < 1.29 is 9.18 Å². The quantitative estimate of drug-likeness (QED) is 0.562. The molecule has 3 aromatic rings. The van der Waals surface area contributed by atoms with E-state index >= 15 is 0 Å². The molecule has 0 bridgehead atoms. The zero-order valence-corrected chi connectivity index (χ0v) is 18.4. The van der Waals surface area contributed by atoms with E-state index in [-0.39, 0.29) is 17.1 Å². The lowest BCUT2D eigenvalue weighted by Crippen LogP contribution is -2.49. The molecule has 0 unspecified atom stereocenters. The summed E-state index contributed by atoms with van der Waals surface area (Å²) < 4.78 is 14.6. The van der Waals surface area contributed by atoms with Crippen molar-refractivity contribution in [3.05, 3.63) is 41.5 Å². The summed E-state index contributed by atoms with van der Waals surface area (Å²) in [7, 11) is 1.75. The van der Waals surface area contributed by atoms with Crippen molar-refractivity contribution in [1.29, 1.82) is 0 Å². The van der Waals surface area contributed by atoms with Crippen LogP contribution in [0.5, 0.6) is 0 Å². The molecule has 1 aromatic carbocycles. The Labute approximate surface area is 180 Å². The third kappa shape index (κ3) is 4.28. The number of rotatable bonds is 4. The van der Waals surface area contributed by atoms with Gasteiger partial charge < -0.3 is 16.0 Å². The summed E-state index contributed by atoms with van der Waals surface area (Å²) in [6, 6.07) is 4.76.